The van der Waals surface area contributed by atoms with Crippen molar-refractivity contribution in [2.45, 2.75) is 30.0 Å². The fourth-order valence-corrected chi connectivity index (χ4v) is 4.06. The minimum atomic E-state index is -4.76. The number of sulfonamides is 1. The third-order valence-corrected chi connectivity index (χ3v) is 5.90. The van der Waals surface area contributed by atoms with Crippen molar-refractivity contribution in [3.05, 3.63) is 53.6 Å². The Morgan fingerprint density at radius 3 is 2.47 bits per heavy atom. The number of nitrogens with zero attached hydrogens (tertiary/aromatic N) is 1. The summed E-state index contributed by atoms with van der Waals surface area (Å²) in [5.41, 5.74) is 15.7. The van der Waals surface area contributed by atoms with Gasteiger partial charge >= 0.3 is 12.1 Å². The Morgan fingerprint density at radius 2 is 1.88 bits per heavy atom. The van der Waals surface area contributed by atoms with E-state index in [-0.39, 0.29) is 24.7 Å². The van der Waals surface area contributed by atoms with Gasteiger partial charge in [0.25, 0.3) is 0 Å². The molecule has 2 aromatic carbocycles. The molecule has 0 saturated heterocycles. The molecule has 0 radical (unpaired) electrons. The van der Waals surface area contributed by atoms with E-state index >= 15 is 0 Å². The predicted octanol–water partition coefficient (Wildman–Crippen LogP) is 1.30. The smallest absolute Gasteiger partial charge is 0.416 e. The molecule has 2 aromatic rings. The number of carboxylic acids is 1. The Morgan fingerprint density at radius 1 is 1.18 bits per heavy atom. The lowest BCUT2D eigenvalue weighted by atomic mass is 10.1. The number of aliphatic imine (C=N–C) groups is 1. The van der Waals surface area contributed by atoms with Crippen LogP contribution < -0.4 is 26.7 Å². The molecule has 8 N–H and O–H groups in total. The number of nitrogens with two attached hydrogens (primary N) is 3. The van der Waals surface area contributed by atoms with E-state index in [1.165, 1.54) is 18.2 Å². The predicted molar refractivity (Wildman–Crippen MR) is 119 cm³/mol. The standard InChI is InChI=1S/C20H24F3N5O5S/c21-20(22,23)13-3-1-4-14(11-13)34(31,32)28-16(18(29)30)10-12-5-6-17(15(24)9-12)33-8-2-7-27-19(25)26/h1,3-6,9,11,16,28H,2,7-8,10,24H2,(H,29,30)(H4,25,26,27)/t16-/m0/s1. The lowest BCUT2D eigenvalue weighted by molar-refractivity contribution is -0.139. The van der Waals surface area contributed by atoms with Gasteiger partial charge in [0, 0.05) is 13.0 Å². The van der Waals surface area contributed by atoms with Gasteiger partial charge in [0.1, 0.15) is 11.8 Å². The number of alkyl halides is 3. The molecular weight excluding hydrogens is 479 g/mol. The second kappa shape index (κ2) is 11.1. The van der Waals surface area contributed by atoms with Crippen LogP contribution in [0.25, 0.3) is 0 Å². The summed E-state index contributed by atoms with van der Waals surface area (Å²) in [7, 11) is -4.56. The summed E-state index contributed by atoms with van der Waals surface area (Å²) in [5, 5.41) is 9.47. The van der Waals surface area contributed by atoms with Crippen molar-refractivity contribution < 1.29 is 36.2 Å². The minimum Gasteiger partial charge on any atom is -0.491 e. The summed E-state index contributed by atoms with van der Waals surface area (Å²) >= 11 is 0. The summed E-state index contributed by atoms with van der Waals surface area (Å²) in [5.74, 6) is -1.24. The van der Waals surface area contributed by atoms with Gasteiger partial charge in [-0.3, -0.25) is 9.79 Å². The highest BCUT2D eigenvalue weighted by atomic mass is 32.2. The highest BCUT2D eigenvalue weighted by Crippen LogP contribution is 2.30. The van der Waals surface area contributed by atoms with Crippen LogP contribution in [0.2, 0.25) is 0 Å². The van der Waals surface area contributed by atoms with Crippen LogP contribution in [0.4, 0.5) is 18.9 Å². The molecule has 0 saturated carbocycles. The molecule has 2 rings (SSSR count). The quantitative estimate of drug-likeness (QED) is 0.132. The van der Waals surface area contributed by atoms with Crippen LogP contribution in [0.1, 0.15) is 17.5 Å². The zero-order valence-corrected chi connectivity index (χ0v) is 18.6. The van der Waals surface area contributed by atoms with Crippen LogP contribution in [-0.4, -0.2) is 44.6 Å². The largest absolute Gasteiger partial charge is 0.491 e. The number of nitrogen functional groups attached to an aromatic ring is 1. The fourth-order valence-electron chi connectivity index (χ4n) is 2.82. The van der Waals surface area contributed by atoms with E-state index in [1.54, 1.807) is 0 Å². The molecule has 10 nitrogen and oxygen atoms in total. The SMILES string of the molecule is NC(N)=NCCCOc1ccc(C[C@H](NS(=O)(=O)c2cccc(C(F)(F)F)c2)C(=O)O)cc1N. The van der Waals surface area contributed by atoms with E-state index in [0.717, 1.165) is 12.1 Å². The summed E-state index contributed by atoms with van der Waals surface area (Å²) in [6.45, 7) is 0.613. The van der Waals surface area contributed by atoms with Crippen molar-refractivity contribution in [2.75, 3.05) is 18.9 Å². The third-order valence-electron chi connectivity index (χ3n) is 4.44. The molecule has 0 aliphatic carbocycles. The first-order valence-electron chi connectivity index (χ1n) is 9.78. The molecule has 0 heterocycles. The van der Waals surface area contributed by atoms with Crippen molar-refractivity contribution in [2.24, 2.45) is 16.5 Å². The number of aliphatic carboxylic acids is 1. The summed E-state index contributed by atoms with van der Waals surface area (Å²) in [6, 6.07) is 5.74. The Kier molecular flexibility index (Phi) is 8.70. The first-order chi connectivity index (χ1) is 15.8. The summed E-state index contributed by atoms with van der Waals surface area (Å²) in [4.78, 5) is 14.7. The number of hydrogen-bond donors (Lipinski definition) is 5. The maximum Gasteiger partial charge on any atom is 0.416 e. The number of carboxylic acid groups (broad SMARTS) is 1. The van der Waals surface area contributed by atoms with Crippen LogP contribution >= 0.6 is 0 Å². The number of guanidine groups is 1. The molecule has 0 amide bonds. The van der Waals surface area contributed by atoms with Gasteiger partial charge in [0.2, 0.25) is 10.0 Å². The van der Waals surface area contributed by atoms with E-state index in [4.69, 9.17) is 21.9 Å². The summed E-state index contributed by atoms with van der Waals surface area (Å²) in [6.07, 6.45) is -4.57. The average molecular weight is 504 g/mol. The number of ether oxygens (including phenoxy) is 1. The lowest BCUT2D eigenvalue weighted by Crippen LogP contribution is -2.42. The lowest BCUT2D eigenvalue weighted by Gasteiger charge is -2.17. The Hall–Kier alpha value is -3.52. The number of hydrogen-bond acceptors (Lipinski definition) is 6. The van der Waals surface area contributed by atoms with E-state index in [0.29, 0.717) is 36.4 Å². The van der Waals surface area contributed by atoms with Crippen LogP contribution in [0.5, 0.6) is 5.75 Å². The first-order valence-corrected chi connectivity index (χ1v) is 11.3. The van der Waals surface area contributed by atoms with Gasteiger partial charge in [-0.15, -0.1) is 0 Å². The van der Waals surface area contributed by atoms with Crippen molar-refractivity contribution in [1.29, 1.82) is 0 Å². The average Bonchev–Trinajstić information content (AvgIpc) is 2.73. The minimum absolute atomic E-state index is 0.0412. The fraction of sp³-hybridized carbons (Fsp3) is 0.300. The van der Waals surface area contributed by atoms with Crippen LogP contribution in [0.15, 0.2) is 52.4 Å². The number of nitrogens with one attached hydrogen (secondary N) is 1. The topological polar surface area (TPSA) is 183 Å². The monoisotopic (exact) mass is 503 g/mol. The van der Waals surface area contributed by atoms with E-state index in [2.05, 4.69) is 4.99 Å². The molecule has 0 aliphatic heterocycles. The number of rotatable bonds is 11. The van der Waals surface area contributed by atoms with Crippen LogP contribution in [0, 0.1) is 0 Å². The maximum absolute atomic E-state index is 12.9. The van der Waals surface area contributed by atoms with Gasteiger partial charge in [-0.1, -0.05) is 12.1 Å². The van der Waals surface area contributed by atoms with Crippen molar-refractivity contribution in [3.8, 4) is 5.75 Å². The zero-order chi connectivity index (χ0) is 25.5. The highest BCUT2D eigenvalue weighted by Gasteiger charge is 2.32. The van der Waals surface area contributed by atoms with E-state index < -0.39 is 38.7 Å². The Labute approximate surface area is 193 Å². The third kappa shape index (κ3) is 7.81. The normalized spacial score (nSPS) is 12.7. The molecule has 186 valence electrons. The molecule has 0 aromatic heterocycles. The van der Waals surface area contributed by atoms with E-state index in [9.17, 15) is 31.5 Å². The van der Waals surface area contributed by atoms with Crippen LogP contribution in [-0.2, 0) is 27.4 Å². The number of halogens is 3. The van der Waals surface area contributed by atoms with Crippen LogP contribution in [0.3, 0.4) is 0 Å². The number of benzene rings is 2. The molecule has 0 bridgehead atoms. The van der Waals surface area contributed by atoms with Gasteiger partial charge in [0.05, 0.1) is 22.8 Å². The molecule has 14 heteroatoms. The first kappa shape index (κ1) is 26.7. The summed E-state index contributed by atoms with van der Waals surface area (Å²) < 4.78 is 71.2. The van der Waals surface area contributed by atoms with Crippen molar-refractivity contribution >= 4 is 27.6 Å². The number of anilines is 1. The van der Waals surface area contributed by atoms with Crippen molar-refractivity contribution in [3.63, 3.8) is 0 Å². The highest BCUT2D eigenvalue weighted by molar-refractivity contribution is 7.89. The van der Waals surface area contributed by atoms with E-state index in [1.807, 2.05) is 4.72 Å². The Balaban J connectivity index is 2.11. The van der Waals surface area contributed by atoms with Crippen molar-refractivity contribution in [1.82, 2.24) is 4.72 Å². The van der Waals surface area contributed by atoms with Gasteiger partial charge < -0.3 is 27.0 Å². The number of carbonyl (C=O) groups is 1. The molecule has 34 heavy (non-hydrogen) atoms. The molecule has 0 aliphatic rings. The molecule has 0 unspecified atom stereocenters. The van der Waals surface area contributed by atoms with Gasteiger partial charge in [0.15, 0.2) is 5.96 Å². The zero-order valence-electron chi connectivity index (χ0n) is 17.7. The molecule has 1 atom stereocenters. The second-order valence-electron chi connectivity index (χ2n) is 7.12. The molecule has 0 fully saturated rings. The second-order valence-corrected chi connectivity index (χ2v) is 8.84. The Bertz CT molecular complexity index is 1150. The maximum atomic E-state index is 12.9. The molecular formula is C20H24F3N5O5S. The molecule has 0 spiro atoms. The van der Waals surface area contributed by atoms with Gasteiger partial charge in [-0.25, -0.2) is 8.42 Å². The van der Waals surface area contributed by atoms with Gasteiger partial charge in [-0.2, -0.15) is 17.9 Å². The van der Waals surface area contributed by atoms with Gasteiger partial charge in [-0.05, 0) is 42.3 Å².